The maximum absolute atomic E-state index is 5.96. The first-order valence-electron chi connectivity index (χ1n) is 4.31. The van der Waals surface area contributed by atoms with Gasteiger partial charge in [-0.2, -0.15) is 0 Å². The lowest BCUT2D eigenvalue weighted by atomic mass is 9.88. The van der Waals surface area contributed by atoms with Gasteiger partial charge in [-0.05, 0) is 42.5 Å². The number of aryl methyl sites for hydroxylation is 1. The molecule has 2 N–H and O–H groups in total. The largest absolute Gasteiger partial charge is 0.324 e. The number of benzene rings is 1. The summed E-state index contributed by atoms with van der Waals surface area (Å²) in [7, 11) is 0. The molecule has 1 aromatic rings. The molecule has 0 saturated carbocycles. The molecule has 1 aliphatic rings. The van der Waals surface area contributed by atoms with Crippen molar-refractivity contribution >= 4 is 11.6 Å². The molecule has 0 aromatic heterocycles. The van der Waals surface area contributed by atoms with E-state index in [-0.39, 0.29) is 6.04 Å². The normalized spacial score (nSPS) is 22.0. The molecule has 2 rings (SSSR count). The summed E-state index contributed by atoms with van der Waals surface area (Å²) < 4.78 is 0. The zero-order valence-corrected chi connectivity index (χ0v) is 7.64. The van der Waals surface area contributed by atoms with Crippen LogP contribution >= 0.6 is 11.6 Å². The SMILES string of the molecule is N[C@H]1CCCc2ccc(Cl)cc21. The van der Waals surface area contributed by atoms with Crippen molar-refractivity contribution in [1.29, 1.82) is 0 Å². The summed E-state index contributed by atoms with van der Waals surface area (Å²) in [6, 6.07) is 6.24. The lowest BCUT2D eigenvalue weighted by Crippen LogP contribution is -2.17. The summed E-state index contributed by atoms with van der Waals surface area (Å²) in [4.78, 5) is 0. The molecular weight excluding hydrogens is 170 g/mol. The summed E-state index contributed by atoms with van der Waals surface area (Å²) in [5.41, 5.74) is 8.57. The molecule has 1 aliphatic carbocycles. The van der Waals surface area contributed by atoms with Crippen LogP contribution in [0.4, 0.5) is 0 Å². The minimum atomic E-state index is 0.201. The van der Waals surface area contributed by atoms with Gasteiger partial charge in [-0.1, -0.05) is 17.7 Å². The molecule has 0 radical (unpaired) electrons. The predicted octanol–water partition coefficient (Wildman–Crippen LogP) is 2.68. The van der Waals surface area contributed by atoms with Crippen molar-refractivity contribution in [2.24, 2.45) is 5.73 Å². The van der Waals surface area contributed by atoms with Crippen molar-refractivity contribution in [2.45, 2.75) is 25.3 Å². The Kier molecular flexibility index (Phi) is 2.07. The Balaban J connectivity index is 2.47. The number of fused-ring (bicyclic) bond motifs is 1. The highest BCUT2D eigenvalue weighted by Crippen LogP contribution is 2.29. The standard InChI is InChI=1S/C10H12ClN/c11-8-5-4-7-2-1-3-10(12)9(7)6-8/h4-6,10H,1-3,12H2/t10-/m0/s1. The van der Waals surface area contributed by atoms with Gasteiger partial charge in [0.25, 0.3) is 0 Å². The van der Waals surface area contributed by atoms with E-state index in [1.165, 1.54) is 17.5 Å². The Morgan fingerprint density at radius 2 is 2.25 bits per heavy atom. The molecule has 64 valence electrons. The smallest absolute Gasteiger partial charge is 0.0409 e. The predicted molar refractivity (Wildman–Crippen MR) is 51.3 cm³/mol. The molecule has 0 saturated heterocycles. The van der Waals surface area contributed by atoms with Gasteiger partial charge in [0, 0.05) is 11.1 Å². The highest BCUT2D eigenvalue weighted by atomic mass is 35.5. The van der Waals surface area contributed by atoms with Crippen LogP contribution in [0.3, 0.4) is 0 Å². The molecule has 0 heterocycles. The van der Waals surface area contributed by atoms with Crippen LogP contribution < -0.4 is 5.73 Å². The van der Waals surface area contributed by atoms with E-state index in [0.29, 0.717) is 0 Å². The average molecular weight is 182 g/mol. The zero-order valence-electron chi connectivity index (χ0n) is 6.89. The molecule has 1 aromatic carbocycles. The van der Waals surface area contributed by atoms with E-state index >= 15 is 0 Å². The number of hydrogen-bond acceptors (Lipinski definition) is 1. The Morgan fingerprint density at radius 3 is 3.08 bits per heavy atom. The Morgan fingerprint density at radius 1 is 1.42 bits per heavy atom. The van der Waals surface area contributed by atoms with Crippen molar-refractivity contribution in [2.75, 3.05) is 0 Å². The number of hydrogen-bond donors (Lipinski definition) is 1. The number of nitrogens with two attached hydrogens (primary N) is 1. The fourth-order valence-electron chi connectivity index (χ4n) is 1.81. The van der Waals surface area contributed by atoms with Gasteiger partial charge in [0.1, 0.15) is 0 Å². The van der Waals surface area contributed by atoms with Gasteiger partial charge in [0.15, 0.2) is 0 Å². The van der Waals surface area contributed by atoms with Gasteiger partial charge in [-0.15, -0.1) is 0 Å². The summed E-state index contributed by atoms with van der Waals surface area (Å²) in [6.07, 6.45) is 3.45. The molecule has 2 heteroatoms. The maximum atomic E-state index is 5.96. The van der Waals surface area contributed by atoms with Gasteiger partial charge >= 0.3 is 0 Å². The highest BCUT2D eigenvalue weighted by molar-refractivity contribution is 6.30. The Bertz CT molecular complexity index is 296. The van der Waals surface area contributed by atoms with E-state index in [1.54, 1.807) is 0 Å². The van der Waals surface area contributed by atoms with Crippen LogP contribution in [0.2, 0.25) is 5.02 Å². The first-order chi connectivity index (χ1) is 5.77. The highest BCUT2D eigenvalue weighted by Gasteiger charge is 2.16. The van der Waals surface area contributed by atoms with E-state index in [4.69, 9.17) is 17.3 Å². The van der Waals surface area contributed by atoms with Crippen LogP contribution in [0.25, 0.3) is 0 Å². The molecule has 0 amide bonds. The molecule has 0 spiro atoms. The second-order valence-corrected chi connectivity index (χ2v) is 3.78. The summed E-state index contributed by atoms with van der Waals surface area (Å²) in [6.45, 7) is 0. The molecule has 0 aliphatic heterocycles. The van der Waals surface area contributed by atoms with Crippen LogP contribution in [0.1, 0.15) is 30.0 Å². The third-order valence-electron chi connectivity index (χ3n) is 2.47. The average Bonchev–Trinajstić information content (AvgIpc) is 2.07. The topological polar surface area (TPSA) is 26.0 Å². The molecular formula is C10H12ClN. The molecule has 0 unspecified atom stereocenters. The number of halogens is 1. The molecule has 12 heavy (non-hydrogen) atoms. The van der Waals surface area contributed by atoms with Crippen LogP contribution in [0.5, 0.6) is 0 Å². The van der Waals surface area contributed by atoms with Gasteiger partial charge in [0.05, 0.1) is 0 Å². The van der Waals surface area contributed by atoms with E-state index in [9.17, 15) is 0 Å². The molecule has 1 atom stereocenters. The van der Waals surface area contributed by atoms with Crippen molar-refractivity contribution in [1.82, 2.24) is 0 Å². The quantitative estimate of drug-likeness (QED) is 0.655. The molecule has 0 bridgehead atoms. The van der Waals surface area contributed by atoms with Crippen LogP contribution in [-0.2, 0) is 6.42 Å². The van der Waals surface area contributed by atoms with Gasteiger partial charge < -0.3 is 5.73 Å². The lowest BCUT2D eigenvalue weighted by Gasteiger charge is -2.21. The third-order valence-corrected chi connectivity index (χ3v) is 2.70. The fourth-order valence-corrected chi connectivity index (χ4v) is 1.99. The monoisotopic (exact) mass is 181 g/mol. The van der Waals surface area contributed by atoms with E-state index in [1.807, 2.05) is 12.1 Å². The molecule has 0 fully saturated rings. The zero-order chi connectivity index (χ0) is 8.55. The van der Waals surface area contributed by atoms with Crippen LogP contribution in [0.15, 0.2) is 18.2 Å². The lowest BCUT2D eigenvalue weighted by molar-refractivity contribution is 0.570. The summed E-state index contributed by atoms with van der Waals surface area (Å²) >= 11 is 5.89. The van der Waals surface area contributed by atoms with E-state index in [0.717, 1.165) is 17.9 Å². The Hall–Kier alpha value is -0.530. The fraction of sp³-hybridized carbons (Fsp3) is 0.400. The van der Waals surface area contributed by atoms with Crippen LogP contribution in [0, 0.1) is 0 Å². The number of rotatable bonds is 0. The minimum Gasteiger partial charge on any atom is -0.324 e. The first kappa shape index (κ1) is 8.09. The minimum absolute atomic E-state index is 0.201. The van der Waals surface area contributed by atoms with Crippen molar-refractivity contribution in [3.05, 3.63) is 34.3 Å². The van der Waals surface area contributed by atoms with E-state index in [2.05, 4.69) is 6.07 Å². The third kappa shape index (κ3) is 1.35. The second kappa shape index (κ2) is 3.08. The van der Waals surface area contributed by atoms with E-state index < -0.39 is 0 Å². The van der Waals surface area contributed by atoms with Crippen molar-refractivity contribution < 1.29 is 0 Å². The van der Waals surface area contributed by atoms with Gasteiger partial charge in [-0.25, -0.2) is 0 Å². The Labute approximate surface area is 77.5 Å². The van der Waals surface area contributed by atoms with Crippen LogP contribution in [-0.4, -0.2) is 0 Å². The van der Waals surface area contributed by atoms with Crippen molar-refractivity contribution in [3.63, 3.8) is 0 Å². The van der Waals surface area contributed by atoms with Gasteiger partial charge in [-0.3, -0.25) is 0 Å². The second-order valence-electron chi connectivity index (χ2n) is 3.34. The maximum Gasteiger partial charge on any atom is 0.0409 e. The molecule has 1 nitrogen and oxygen atoms in total. The summed E-state index contributed by atoms with van der Waals surface area (Å²) in [5, 5.41) is 0.797. The van der Waals surface area contributed by atoms with Crippen molar-refractivity contribution in [3.8, 4) is 0 Å². The van der Waals surface area contributed by atoms with Gasteiger partial charge in [0.2, 0.25) is 0 Å². The first-order valence-corrected chi connectivity index (χ1v) is 4.69. The summed E-state index contributed by atoms with van der Waals surface area (Å²) in [5.74, 6) is 0.